The first-order chi connectivity index (χ1) is 10.0. The predicted molar refractivity (Wildman–Crippen MR) is 86.6 cm³/mol. The van der Waals surface area contributed by atoms with Crippen molar-refractivity contribution >= 4 is 15.9 Å². The molecule has 0 fully saturated rings. The van der Waals surface area contributed by atoms with Gasteiger partial charge in [-0.15, -0.1) is 0 Å². The second kappa shape index (κ2) is 7.09. The quantitative estimate of drug-likeness (QED) is 0.857. The lowest BCUT2D eigenvalue weighted by Crippen LogP contribution is -2.07. The molecule has 0 spiro atoms. The van der Waals surface area contributed by atoms with Crippen molar-refractivity contribution in [3.8, 4) is 5.75 Å². The van der Waals surface area contributed by atoms with Crippen LogP contribution < -0.4 is 4.74 Å². The lowest BCUT2D eigenvalue weighted by Gasteiger charge is -2.13. The van der Waals surface area contributed by atoms with Crippen LogP contribution in [0, 0.1) is 0 Å². The van der Waals surface area contributed by atoms with E-state index in [9.17, 15) is 5.11 Å². The monoisotopic (exact) mass is 352 g/mol. The van der Waals surface area contributed by atoms with Gasteiger partial charge in [0.2, 0.25) is 0 Å². The van der Waals surface area contributed by atoms with Crippen LogP contribution in [-0.4, -0.2) is 22.0 Å². The van der Waals surface area contributed by atoms with Crippen molar-refractivity contribution in [1.29, 1.82) is 0 Å². The van der Waals surface area contributed by atoms with Crippen molar-refractivity contribution in [2.45, 2.75) is 38.8 Å². The molecular weight excluding hydrogens is 332 g/mol. The number of nitrogens with zero attached hydrogens (tertiary/aromatic N) is 2. The van der Waals surface area contributed by atoms with Gasteiger partial charge in [-0.25, -0.2) is 0 Å². The molecule has 1 N–H and O–H groups in total. The van der Waals surface area contributed by atoms with Gasteiger partial charge in [0.05, 0.1) is 18.9 Å². The van der Waals surface area contributed by atoms with Gasteiger partial charge in [-0.1, -0.05) is 22.9 Å². The van der Waals surface area contributed by atoms with Crippen molar-refractivity contribution in [1.82, 2.24) is 9.78 Å². The zero-order valence-corrected chi connectivity index (χ0v) is 14.2. The van der Waals surface area contributed by atoms with Crippen LogP contribution in [0.2, 0.25) is 0 Å². The Balaban J connectivity index is 2.14. The smallest absolute Gasteiger partial charge is 0.119 e. The van der Waals surface area contributed by atoms with E-state index in [0.717, 1.165) is 27.9 Å². The molecule has 1 aromatic carbocycles. The highest BCUT2D eigenvalue weighted by molar-refractivity contribution is 9.10. The Labute approximate surface area is 133 Å². The Kier molecular flexibility index (Phi) is 5.42. The number of halogens is 1. The Morgan fingerprint density at radius 3 is 2.81 bits per heavy atom. The van der Waals surface area contributed by atoms with Crippen LogP contribution in [0.4, 0.5) is 0 Å². The molecule has 1 aromatic heterocycles. The van der Waals surface area contributed by atoms with Crippen molar-refractivity contribution < 1.29 is 9.84 Å². The minimum Gasteiger partial charge on any atom is -0.497 e. The van der Waals surface area contributed by atoms with Gasteiger partial charge in [-0.05, 0) is 43.2 Å². The number of aliphatic hydroxyl groups excluding tert-OH is 1. The topological polar surface area (TPSA) is 47.3 Å². The molecule has 0 aliphatic carbocycles. The van der Waals surface area contributed by atoms with Crippen LogP contribution in [0.3, 0.4) is 0 Å². The molecular formula is C16H21BrN2O2. The fourth-order valence-corrected chi connectivity index (χ4v) is 2.64. The van der Waals surface area contributed by atoms with Crippen LogP contribution in [0.25, 0.3) is 0 Å². The Bertz CT molecular complexity index is 598. The molecule has 0 bridgehead atoms. The molecule has 2 aromatic rings. The third kappa shape index (κ3) is 3.86. The maximum atomic E-state index is 10.4. The number of hydrogen-bond acceptors (Lipinski definition) is 3. The van der Waals surface area contributed by atoms with Gasteiger partial charge in [0, 0.05) is 23.1 Å². The number of benzene rings is 1. The Hall–Kier alpha value is -1.33. The third-order valence-corrected chi connectivity index (χ3v) is 4.39. The SMILES string of the molecule is CCC(C)n1ccc(CC(O)c2cc(OC)ccc2Br)n1. The molecule has 2 rings (SSSR count). The fourth-order valence-electron chi connectivity index (χ4n) is 2.13. The highest BCUT2D eigenvalue weighted by Gasteiger charge is 2.15. The maximum Gasteiger partial charge on any atom is 0.119 e. The molecule has 5 heteroatoms. The zero-order valence-electron chi connectivity index (χ0n) is 12.6. The summed E-state index contributed by atoms with van der Waals surface area (Å²) in [4.78, 5) is 0. The van der Waals surface area contributed by atoms with Gasteiger partial charge in [0.1, 0.15) is 5.75 Å². The van der Waals surface area contributed by atoms with Gasteiger partial charge < -0.3 is 9.84 Å². The average molecular weight is 353 g/mol. The summed E-state index contributed by atoms with van der Waals surface area (Å²) in [5.41, 5.74) is 1.70. The van der Waals surface area contributed by atoms with Gasteiger partial charge in [0.15, 0.2) is 0 Å². The van der Waals surface area contributed by atoms with Crippen LogP contribution in [0.15, 0.2) is 34.9 Å². The molecule has 1 heterocycles. The number of ether oxygens (including phenoxy) is 1. The summed E-state index contributed by atoms with van der Waals surface area (Å²) < 4.78 is 8.03. The molecule has 2 unspecified atom stereocenters. The van der Waals surface area contributed by atoms with Crippen LogP contribution in [0.1, 0.15) is 43.7 Å². The molecule has 21 heavy (non-hydrogen) atoms. The number of aromatic nitrogens is 2. The van der Waals surface area contributed by atoms with Crippen molar-refractivity contribution in [3.05, 3.63) is 46.2 Å². The predicted octanol–water partition coefficient (Wildman–Crippen LogP) is 3.90. The van der Waals surface area contributed by atoms with Gasteiger partial charge in [-0.2, -0.15) is 5.10 Å². The first-order valence-electron chi connectivity index (χ1n) is 7.10. The minimum absolute atomic E-state index is 0.374. The molecule has 0 saturated heterocycles. The van der Waals surface area contributed by atoms with E-state index in [4.69, 9.17) is 4.74 Å². The number of hydrogen-bond donors (Lipinski definition) is 1. The van der Waals surface area contributed by atoms with Gasteiger partial charge in [-0.3, -0.25) is 4.68 Å². The van der Waals surface area contributed by atoms with E-state index in [2.05, 4.69) is 34.9 Å². The second-order valence-electron chi connectivity index (χ2n) is 5.15. The van der Waals surface area contributed by atoms with Crippen LogP contribution in [-0.2, 0) is 6.42 Å². The molecule has 0 amide bonds. The number of rotatable bonds is 6. The van der Waals surface area contributed by atoms with Crippen molar-refractivity contribution in [3.63, 3.8) is 0 Å². The van der Waals surface area contributed by atoms with E-state index in [1.165, 1.54) is 0 Å². The van der Waals surface area contributed by atoms with E-state index in [1.54, 1.807) is 7.11 Å². The van der Waals surface area contributed by atoms with Crippen molar-refractivity contribution in [2.24, 2.45) is 0 Å². The molecule has 0 saturated carbocycles. The number of methoxy groups -OCH3 is 1. The fraction of sp³-hybridized carbons (Fsp3) is 0.438. The summed E-state index contributed by atoms with van der Waals surface area (Å²) in [6, 6.07) is 7.93. The highest BCUT2D eigenvalue weighted by atomic mass is 79.9. The third-order valence-electron chi connectivity index (χ3n) is 3.67. The van der Waals surface area contributed by atoms with E-state index in [-0.39, 0.29) is 0 Å². The first kappa shape index (κ1) is 16.0. The number of aliphatic hydroxyl groups is 1. The lowest BCUT2D eigenvalue weighted by molar-refractivity contribution is 0.175. The summed E-state index contributed by atoms with van der Waals surface area (Å²) >= 11 is 3.47. The van der Waals surface area contributed by atoms with Crippen molar-refractivity contribution in [2.75, 3.05) is 7.11 Å². The minimum atomic E-state index is -0.616. The average Bonchev–Trinajstić information content (AvgIpc) is 2.95. The summed E-state index contributed by atoms with van der Waals surface area (Å²) in [6.45, 7) is 4.26. The summed E-state index contributed by atoms with van der Waals surface area (Å²) in [5.74, 6) is 0.734. The maximum absolute atomic E-state index is 10.4. The molecule has 0 aliphatic heterocycles. The van der Waals surface area contributed by atoms with E-state index in [0.29, 0.717) is 12.5 Å². The van der Waals surface area contributed by atoms with E-state index in [1.807, 2.05) is 35.1 Å². The summed E-state index contributed by atoms with van der Waals surface area (Å²) in [5, 5.41) is 15.0. The van der Waals surface area contributed by atoms with E-state index >= 15 is 0 Å². The van der Waals surface area contributed by atoms with E-state index < -0.39 is 6.10 Å². The molecule has 4 nitrogen and oxygen atoms in total. The zero-order chi connectivity index (χ0) is 15.4. The second-order valence-corrected chi connectivity index (χ2v) is 6.01. The molecule has 114 valence electrons. The largest absolute Gasteiger partial charge is 0.497 e. The highest BCUT2D eigenvalue weighted by Crippen LogP contribution is 2.29. The summed E-state index contributed by atoms with van der Waals surface area (Å²) in [6.07, 6.45) is 2.87. The Morgan fingerprint density at radius 1 is 1.38 bits per heavy atom. The molecule has 2 atom stereocenters. The standard InChI is InChI=1S/C16H21BrN2O2/c1-4-11(2)19-8-7-12(18-19)9-16(20)14-10-13(21-3)5-6-15(14)17/h5-8,10-11,16,20H,4,9H2,1-3H3. The normalized spacial score (nSPS) is 14.0. The molecule has 0 aliphatic rings. The lowest BCUT2D eigenvalue weighted by atomic mass is 10.0. The van der Waals surface area contributed by atoms with Gasteiger partial charge >= 0.3 is 0 Å². The van der Waals surface area contributed by atoms with Crippen LogP contribution >= 0.6 is 15.9 Å². The van der Waals surface area contributed by atoms with Crippen LogP contribution in [0.5, 0.6) is 5.75 Å². The molecule has 0 radical (unpaired) electrons. The summed E-state index contributed by atoms with van der Waals surface area (Å²) in [7, 11) is 1.62. The van der Waals surface area contributed by atoms with Gasteiger partial charge in [0.25, 0.3) is 0 Å². The Morgan fingerprint density at radius 2 is 2.14 bits per heavy atom. The first-order valence-corrected chi connectivity index (χ1v) is 7.90.